The fourth-order valence-electron chi connectivity index (χ4n) is 2.80. The monoisotopic (exact) mass is 363 g/mol. The summed E-state index contributed by atoms with van der Waals surface area (Å²) < 4.78 is 0. The van der Waals surface area contributed by atoms with E-state index < -0.39 is 0 Å². The quantitative estimate of drug-likeness (QED) is 0.832. The molecule has 1 aromatic carbocycles. The number of benzene rings is 1. The number of nitrogens with one attached hydrogen (secondary N) is 1. The van der Waals surface area contributed by atoms with E-state index in [2.05, 4.69) is 15.2 Å². The van der Waals surface area contributed by atoms with E-state index in [-0.39, 0.29) is 5.91 Å². The van der Waals surface area contributed by atoms with Gasteiger partial charge in [-0.25, -0.2) is 4.98 Å². The Morgan fingerprint density at radius 2 is 1.79 bits per heavy atom. The number of carbonyl (C=O) groups excluding carboxylic acids is 1. The van der Waals surface area contributed by atoms with Gasteiger partial charge in [0.2, 0.25) is 0 Å². The van der Waals surface area contributed by atoms with Crippen LogP contribution in [-0.2, 0) is 0 Å². The average molecular weight is 364 g/mol. The van der Waals surface area contributed by atoms with Crippen LogP contribution in [0, 0.1) is 0 Å². The van der Waals surface area contributed by atoms with Gasteiger partial charge in [0.15, 0.2) is 0 Å². The molecule has 0 saturated carbocycles. The van der Waals surface area contributed by atoms with Crippen molar-refractivity contribution in [2.45, 2.75) is 25.7 Å². The maximum Gasteiger partial charge on any atom is 0.257 e. The van der Waals surface area contributed by atoms with Gasteiger partial charge < -0.3 is 10.2 Å². The predicted octanol–water partition coefficient (Wildman–Crippen LogP) is 5.02. The summed E-state index contributed by atoms with van der Waals surface area (Å²) in [5, 5.41) is 3.51. The number of rotatable bonds is 3. The second-order valence-electron chi connectivity index (χ2n) is 5.86. The standard InChI is InChI=1S/C18H19Cl2N3O/c19-14-6-5-7-15(17(14)20)22-18(24)13-8-9-16(21-12-13)23-10-3-1-2-4-11-23/h5-9,12H,1-4,10-11H2,(H,22,24). The van der Waals surface area contributed by atoms with E-state index in [1.807, 2.05) is 6.07 Å². The van der Waals surface area contributed by atoms with Crippen LogP contribution in [0.3, 0.4) is 0 Å². The molecule has 1 fully saturated rings. The fourth-order valence-corrected chi connectivity index (χ4v) is 3.15. The molecule has 0 aliphatic carbocycles. The van der Waals surface area contributed by atoms with Crippen molar-refractivity contribution in [2.24, 2.45) is 0 Å². The van der Waals surface area contributed by atoms with Crippen LogP contribution in [0.25, 0.3) is 0 Å². The molecule has 1 aliphatic rings. The first-order valence-electron chi connectivity index (χ1n) is 8.11. The summed E-state index contributed by atoms with van der Waals surface area (Å²) in [6.07, 6.45) is 6.54. The molecule has 4 nitrogen and oxygen atoms in total. The Labute approximate surface area is 151 Å². The smallest absolute Gasteiger partial charge is 0.257 e. The van der Waals surface area contributed by atoms with Crippen molar-refractivity contribution >= 4 is 40.6 Å². The topological polar surface area (TPSA) is 45.2 Å². The molecule has 24 heavy (non-hydrogen) atoms. The molecule has 1 aromatic heterocycles. The summed E-state index contributed by atoms with van der Waals surface area (Å²) in [7, 11) is 0. The zero-order valence-electron chi connectivity index (χ0n) is 13.3. The number of pyridine rings is 1. The normalized spacial score (nSPS) is 15.0. The molecule has 2 heterocycles. The highest BCUT2D eigenvalue weighted by atomic mass is 35.5. The molecule has 1 N–H and O–H groups in total. The number of hydrogen-bond donors (Lipinski definition) is 1. The van der Waals surface area contributed by atoms with Crippen LogP contribution >= 0.6 is 23.2 Å². The summed E-state index contributed by atoms with van der Waals surface area (Å²) in [4.78, 5) is 19.1. The van der Waals surface area contributed by atoms with E-state index >= 15 is 0 Å². The van der Waals surface area contributed by atoms with Crippen molar-refractivity contribution in [1.82, 2.24) is 4.98 Å². The highest BCUT2D eigenvalue weighted by Gasteiger charge is 2.14. The van der Waals surface area contributed by atoms with E-state index in [0.29, 0.717) is 21.3 Å². The number of nitrogens with zero attached hydrogens (tertiary/aromatic N) is 2. The van der Waals surface area contributed by atoms with Crippen molar-refractivity contribution in [3.8, 4) is 0 Å². The zero-order chi connectivity index (χ0) is 16.9. The van der Waals surface area contributed by atoms with Crippen molar-refractivity contribution < 1.29 is 4.79 Å². The molecule has 0 atom stereocenters. The molecular formula is C18H19Cl2N3O. The molecule has 1 saturated heterocycles. The van der Waals surface area contributed by atoms with Gasteiger partial charge in [-0.05, 0) is 37.1 Å². The Morgan fingerprint density at radius 3 is 2.46 bits per heavy atom. The maximum atomic E-state index is 12.4. The van der Waals surface area contributed by atoms with Crippen LogP contribution in [0.2, 0.25) is 10.0 Å². The van der Waals surface area contributed by atoms with Crippen LogP contribution < -0.4 is 10.2 Å². The minimum absolute atomic E-state index is 0.255. The predicted molar refractivity (Wildman–Crippen MR) is 99.3 cm³/mol. The Hall–Kier alpha value is -1.78. The molecule has 0 bridgehead atoms. The lowest BCUT2D eigenvalue weighted by Gasteiger charge is -2.21. The largest absolute Gasteiger partial charge is 0.357 e. The summed E-state index contributed by atoms with van der Waals surface area (Å²) in [6.45, 7) is 2.05. The minimum Gasteiger partial charge on any atom is -0.357 e. The third-order valence-electron chi connectivity index (χ3n) is 4.14. The average Bonchev–Trinajstić information content (AvgIpc) is 2.88. The van der Waals surface area contributed by atoms with Gasteiger partial charge in [-0.15, -0.1) is 0 Å². The van der Waals surface area contributed by atoms with Crippen LogP contribution in [0.1, 0.15) is 36.0 Å². The highest BCUT2D eigenvalue weighted by Crippen LogP contribution is 2.29. The van der Waals surface area contributed by atoms with Crippen molar-refractivity contribution in [3.05, 3.63) is 52.1 Å². The molecule has 2 aromatic rings. The molecule has 126 valence electrons. The number of anilines is 2. The van der Waals surface area contributed by atoms with Gasteiger partial charge in [-0.3, -0.25) is 4.79 Å². The third-order valence-corrected chi connectivity index (χ3v) is 4.96. The number of hydrogen-bond acceptors (Lipinski definition) is 3. The fraction of sp³-hybridized carbons (Fsp3) is 0.333. The molecule has 0 radical (unpaired) electrons. The van der Waals surface area contributed by atoms with E-state index in [1.165, 1.54) is 25.7 Å². The number of carbonyl (C=O) groups is 1. The zero-order valence-corrected chi connectivity index (χ0v) is 14.8. The van der Waals surface area contributed by atoms with Gasteiger partial charge in [-0.2, -0.15) is 0 Å². The van der Waals surface area contributed by atoms with E-state index in [1.54, 1.807) is 30.5 Å². The van der Waals surface area contributed by atoms with Crippen LogP contribution in [-0.4, -0.2) is 24.0 Å². The first kappa shape index (κ1) is 17.1. The van der Waals surface area contributed by atoms with Crippen LogP contribution in [0.4, 0.5) is 11.5 Å². The molecule has 6 heteroatoms. The molecular weight excluding hydrogens is 345 g/mol. The number of aromatic nitrogens is 1. The van der Waals surface area contributed by atoms with Crippen molar-refractivity contribution in [3.63, 3.8) is 0 Å². The minimum atomic E-state index is -0.255. The molecule has 0 spiro atoms. The second kappa shape index (κ2) is 7.86. The van der Waals surface area contributed by atoms with Gasteiger partial charge in [0.1, 0.15) is 5.82 Å². The SMILES string of the molecule is O=C(Nc1cccc(Cl)c1Cl)c1ccc(N2CCCCCC2)nc1. The number of halogens is 2. The maximum absolute atomic E-state index is 12.4. The van der Waals surface area contributed by atoms with Crippen molar-refractivity contribution in [1.29, 1.82) is 0 Å². The lowest BCUT2D eigenvalue weighted by molar-refractivity contribution is 0.102. The number of amides is 1. The lowest BCUT2D eigenvalue weighted by Crippen LogP contribution is -2.25. The summed E-state index contributed by atoms with van der Waals surface area (Å²) in [6, 6.07) is 8.83. The van der Waals surface area contributed by atoms with Gasteiger partial charge >= 0.3 is 0 Å². The second-order valence-corrected chi connectivity index (χ2v) is 6.65. The van der Waals surface area contributed by atoms with Gasteiger partial charge in [0.25, 0.3) is 5.91 Å². The molecule has 0 unspecified atom stereocenters. The van der Waals surface area contributed by atoms with E-state index in [4.69, 9.17) is 23.2 Å². The van der Waals surface area contributed by atoms with Gasteiger partial charge in [-0.1, -0.05) is 42.1 Å². The Kier molecular flexibility index (Phi) is 5.59. The summed E-state index contributed by atoms with van der Waals surface area (Å²) >= 11 is 12.1. The molecule has 3 rings (SSSR count). The van der Waals surface area contributed by atoms with E-state index in [9.17, 15) is 4.79 Å². The van der Waals surface area contributed by atoms with Gasteiger partial charge in [0.05, 0.1) is 21.3 Å². The van der Waals surface area contributed by atoms with Crippen molar-refractivity contribution in [2.75, 3.05) is 23.3 Å². The first-order valence-corrected chi connectivity index (χ1v) is 8.87. The Morgan fingerprint density at radius 1 is 1.04 bits per heavy atom. The molecule has 1 amide bonds. The third kappa shape index (κ3) is 4.00. The Bertz CT molecular complexity index is 711. The van der Waals surface area contributed by atoms with Gasteiger partial charge in [0, 0.05) is 19.3 Å². The lowest BCUT2D eigenvalue weighted by atomic mass is 10.2. The van der Waals surface area contributed by atoms with E-state index in [0.717, 1.165) is 18.9 Å². The summed E-state index contributed by atoms with van der Waals surface area (Å²) in [5.41, 5.74) is 0.982. The van der Waals surface area contributed by atoms with Crippen LogP contribution in [0.5, 0.6) is 0 Å². The van der Waals surface area contributed by atoms with Crippen LogP contribution in [0.15, 0.2) is 36.5 Å². The first-order chi connectivity index (χ1) is 11.6. The Balaban J connectivity index is 1.70. The highest BCUT2D eigenvalue weighted by molar-refractivity contribution is 6.44. The summed E-state index contributed by atoms with van der Waals surface area (Å²) in [5.74, 6) is 0.670. The molecule has 1 aliphatic heterocycles.